The van der Waals surface area contributed by atoms with E-state index in [0.717, 1.165) is 30.0 Å². The fourth-order valence-electron chi connectivity index (χ4n) is 4.57. The van der Waals surface area contributed by atoms with Crippen LogP contribution in [0.4, 0.5) is 0 Å². The third kappa shape index (κ3) is 6.01. The van der Waals surface area contributed by atoms with E-state index < -0.39 is 0 Å². The summed E-state index contributed by atoms with van der Waals surface area (Å²) in [5.74, 6) is 2.22. The van der Waals surface area contributed by atoms with Crippen LogP contribution in [0.15, 0.2) is 96.1 Å². The Morgan fingerprint density at radius 2 is 1.57 bits per heavy atom. The monoisotopic (exact) mass is 468 g/mol. The first-order chi connectivity index (χ1) is 17.1. The Morgan fingerprint density at radius 3 is 2.17 bits per heavy atom. The summed E-state index contributed by atoms with van der Waals surface area (Å²) >= 11 is 0. The molecular weight excluding hydrogens is 432 g/mol. The highest BCUT2D eigenvalue weighted by Gasteiger charge is 2.29. The van der Waals surface area contributed by atoms with Gasteiger partial charge in [-0.3, -0.25) is 4.99 Å². The summed E-state index contributed by atoms with van der Waals surface area (Å²) in [6, 6.07) is 29.9. The Bertz CT molecular complexity index is 1120. The van der Waals surface area contributed by atoms with Crippen LogP contribution >= 0.6 is 0 Å². The number of aliphatic imine (C=N–C) groups is 1. The summed E-state index contributed by atoms with van der Waals surface area (Å²) in [6.07, 6.45) is 4.31. The molecular formula is C31H36N2O2. The van der Waals surface area contributed by atoms with Crippen molar-refractivity contribution in [2.24, 2.45) is 10.9 Å². The molecule has 182 valence electrons. The van der Waals surface area contributed by atoms with Crippen LogP contribution in [0.3, 0.4) is 0 Å². The summed E-state index contributed by atoms with van der Waals surface area (Å²) in [5.41, 5.74) is 4.93. The number of ether oxygens (including phenoxy) is 2. The third-order valence-electron chi connectivity index (χ3n) is 6.63. The minimum Gasteiger partial charge on any atom is -0.497 e. The van der Waals surface area contributed by atoms with Crippen molar-refractivity contribution in [2.45, 2.75) is 38.8 Å². The molecule has 1 aliphatic heterocycles. The molecule has 0 saturated carbocycles. The molecule has 0 saturated heterocycles. The Labute approximate surface area is 209 Å². The van der Waals surface area contributed by atoms with Crippen molar-refractivity contribution < 1.29 is 9.47 Å². The van der Waals surface area contributed by atoms with Gasteiger partial charge in [0.1, 0.15) is 11.6 Å². The second kappa shape index (κ2) is 11.9. The molecule has 0 radical (unpaired) electrons. The highest BCUT2D eigenvalue weighted by Crippen LogP contribution is 2.38. The molecule has 3 aromatic rings. The molecule has 0 unspecified atom stereocenters. The van der Waals surface area contributed by atoms with Gasteiger partial charge in [0.05, 0.1) is 25.8 Å². The lowest BCUT2D eigenvalue weighted by Crippen LogP contribution is -2.36. The van der Waals surface area contributed by atoms with Crippen LogP contribution in [0.1, 0.15) is 49.4 Å². The fraction of sp³-hybridized carbons (Fsp3) is 0.323. The van der Waals surface area contributed by atoms with Crippen molar-refractivity contribution in [3.05, 3.63) is 108 Å². The standard InChI is InChI=1S/C31H36N2O2/c1-23(2)29(22-34-3)32-31(26-13-9-6-10-14-26)33-21-27(24-15-18-28(35-4)19-16-24)17-20-30(33)25-11-7-5-8-12-25/h5-16,18-19,21,23,29-30H,17,20,22H2,1-4H3/t29-,30+/m1/s1. The van der Waals surface area contributed by atoms with E-state index in [1.165, 1.54) is 16.7 Å². The Hall–Kier alpha value is -3.37. The number of allylic oxidation sites excluding steroid dienone is 1. The summed E-state index contributed by atoms with van der Waals surface area (Å²) in [4.78, 5) is 7.73. The van der Waals surface area contributed by atoms with Gasteiger partial charge in [0.2, 0.25) is 0 Å². The lowest BCUT2D eigenvalue weighted by molar-refractivity contribution is 0.164. The number of rotatable bonds is 8. The summed E-state index contributed by atoms with van der Waals surface area (Å²) < 4.78 is 10.9. The molecule has 0 spiro atoms. The minimum absolute atomic E-state index is 0.0615. The Balaban J connectivity index is 1.85. The van der Waals surface area contributed by atoms with Crippen molar-refractivity contribution in [1.29, 1.82) is 0 Å². The summed E-state index contributed by atoms with van der Waals surface area (Å²) in [5, 5.41) is 0. The van der Waals surface area contributed by atoms with Crippen LogP contribution in [-0.2, 0) is 4.74 Å². The van der Waals surface area contributed by atoms with Gasteiger partial charge in [0.15, 0.2) is 0 Å². The topological polar surface area (TPSA) is 34.1 Å². The van der Waals surface area contributed by atoms with E-state index >= 15 is 0 Å². The smallest absolute Gasteiger partial charge is 0.135 e. The summed E-state index contributed by atoms with van der Waals surface area (Å²) in [6.45, 7) is 5.01. The molecule has 0 bridgehead atoms. The molecule has 35 heavy (non-hydrogen) atoms. The van der Waals surface area contributed by atoms with E-state index in [1.54, 1.807) is 14.2 Å². The maximum atomic E-state index is 5.56. The number of methoxy groups -OCH3 is 2. The van der Waals surface area contributed by atoms with Gasteiger partial charge in [-0.15, -0.1) is 0 Å². The molecule has 4 nitrogen and oxygen atoms in total. The van der Waals surface area contributed by atoms with Gasteiger partial charge in [-0.05, 0) is 47.6 Å². The maximum Gasteiger partial charge on any atom is 0.135 e. The van der Waals surface area contributed by atoms with E-state index in [1.807, 2.05) is 12.1 Å². The molecule has 3 aromatic carbocycles. The predicted octanol–water partition coefficient (Wildman–Crippen LogP) is 6.99. The van der Waals surface area contributed by atoms with Gasteiger partial charge in [0, 0.05) is 18.9 Å². The van der Waals surface area contributed by atoms with Crippen LogP contribution < -0.4 is 4.74 Å². The van der Waals surface area contributed by atoms with Gasteiger partial charge in [-0.2, -0.15) is 0 Å². The largest absolute Gasteiger partial charge is 0.497 e. The first-order valence-corrected chi connectivity index (χ1v) is 12.4. The van der Waals surface area contributed by atoms with Crippen molar-refractivity contribution in [3.63, 3.8) is 0 Å². The first-order valence-electron chi connectivity index (χ1n) is 12.4. The normalized spacial score (nSPS) is 17.3. The van der Waals surface area contributed by atoms with Crippen LogP contribution in [0, 0.1) is 5.92 Å². The molecule has 4 rings (SSSR count). The summed E-state index contributed by atoms with van der Waals surface area (Å²) in [7, 11) is 3.46. The maximum absolute atomic E-state index is 5.56. The number of hydrogen-bond donors (Lipinski definition) is 0. The lowest BCUT2D eigenvalue weighted by Gasteiger charge is -2.37. The molecule has 0 aromatic heterocycles. The van der Waals surface area contributed by atoms with Gasteiger partial charge < -0.3 is 14.4 Å². The van der Waals surface area contributed by atoms with E-state index in [4.69, 9.17) is 14.5 Å². The van der Waals surface area contributed by atoms with Crippen molar-refractivity contribution in [3.8, 4) is 5.75 Å². The van der Waals surface area contributed by atoms with E-state index in [0.29, 0.717) is 12.5 Å². The van der Waals surface area contributed by atoms with Gasteiger partial charge in [-0.1, -0.05) is 86.6 Å². The van der Waals surface area contributed by atoms with Gasteiger partial charge in [-0.25, -0.2) is 0 Å². The average molecular weight is 469 g/mol. The Morgan fingerprint density at radius 1 is 0.914 bits per heavy atom. The number of hydrogen-bond acceptors (Lipinski definition) is 3. The van der Waals surface area contributed by atoms with Gasteiger partial charge >= 0.3 is 0 Å². The molecule has 0 amide bonds. The average Bonchev–Trinajstić information content (AvgIpc) is 2.91. The zero-order chi connectivity index (χ0) is 24.6. The zero-order valence-corrected chi connectivity index (χ0v) is 21.2. The van der Waals surface area contributed by atoms with E-state index in [2.05, 4.69) is 97.7 Å². The Kier molecular flexibility index (Phi) is 8.38. The SMILES string of the molecule is COC[C@@H](N=C(c1ccccc1)N1C=C(c2ccc(OC)cc2)CC[C@H]1c1ccccc1)C(C)C. The van der Waals surface area contributed by atoms with Crippen LogP contribution in [0.25, 0.3) is 5.57 Å². The molecule has 1 aliphatic rings. The molecule has 2 atom stereocenters. The molecule has 0 fully saturated rings. The highest BCUT2D eigenvalue weighted by molar-refractivity contribution is 6.00. The number of amidine groups is 1. The molecule has 1 heterocycles. The number of benzene rings is 3. The molecule has 4 heteroatoms. The fourth-order valence-corrected chi connectivity index (χ4v) is 4.57. The van der Waals surface area contributed by atoms with Crippen LogP contribution in [0.2, 0.25) is 0 Å². The zero-order valence-electron chi connectivity index (χ0n) is 21.2. The molecule has 0 N–H and O–H groups in total. The molecule has 0 aliphatic carbocycles. The van der Waals surface area contributed by atoms with Crippen LogP contribution in [0.5, 0.6) is 5.75 Å². The van der Waals surface area contributed by atoms with Crippen molar-refractivity contribution in [2.75, 3.05) is 20.8 Å². The first kappa shape index (κ1) is 24.7. The lowest BCUT2D eigenvalue weighted by atomic mass is 9.90. The number of nitrogens with zero attached hydrogens (tertiary/aromatic N) is 2. The van der Waals surface area contributed by atoms with E-state index in [9.17, 15) is 0 Å². The second-order valence-corrected chi connectivity index (χ2v) is 9.34. The predicted molar refractivity (Wildman–Crippen MR) is 145 cm³/mol. The second-order valence-electron chi connectivity index (χ2n) is 9.34. The van der Waals surface area contributed by atoms with Crippen LogP contribution in [-0.4, -0.2) is 37.6 Å². The van der Waals surface area contributed by atoms with Crippen molar-refractivity contribution >= 4 is 11.4 Å². The van der Waals surface area contributed by atoms with E-state index in [-0.39, 0.29) is 12.1 Å². The minimum atomic E-state index is 0.0615. The third-order valence-corrected chi connectivity index (χ3v) is 6.63. The quantitative estimate of drug-likeness (QED) is 0.264. The van der Waals surface area contributed by atoms with Crippen molar-refractivity contribution in [1.82, 2.24) is 4.90 Å². The highest BCUT2D eigenvalue weighted by atomic mass is 16.5. The van der Waals surface area contributed by atoms with Gasteiger partial charge in [0.25, 0.3) is 0 Å².